The third-order valence-electron chi connectivity index (χ3n) is 6.80. The standard InChI is InChI=1S/C29H36N2O4/c1-18(2)11-14-34-22-10-7-9-21(17-22)26-25-27(32)23-15-19(3)20(4)16-24(23)35-28(25)29(33)31(26)13-8-12-30(5)6/h7,9-10,15-18,26H,8,11-14H2,1-6H3/p+1. The molecule has 35 heavy (non-hydrogen) atoms. The summed E-state index contributed by atoms with van der Waals surface area (Å²) in [5.74, 6) is 1.25. The minimum atomic E-state index is -0.495. The molecule has 0 saturated heterocycles. The number of hydrogen-bond donors (Lipinski definition) is 1. The highest BCUT2D eigenvalue weighted by molar-refractivity contribution is 5.99. The average molecular weight is 478 g/mol. The predicted octanol–water partition coefficient (Wildman–Crippen LogP) is 3.91. The van der Waals surface area contributed by atoms with Gasteiger partial charge in [0.2, 0.25) is 5.76 Å². The van der Waals surface area contributed by atoms with Gasteiger partial charge in [-0.25, -0.2) is 0 Å². The largest absolute Gasteiger partial charge is 0.494 e. The maximum absolute atomic E-state index is 13.8. The van der Waals surface area contributed by atoms with Crippen molar-refractivity contribution in [3.63, 3.8) is 0 Å². The van der Waals surface area contributed by atoms with Gasteiger partial charge in [-0.15, -0.1) is 0 Å². The summed E-state index contributed by atoms with van der Waals surface area (Å²) >= 11 is 0. The molecule has 6 heteroatoms. The second-order valence-electron chi connectivity index (χ2n) is 10.4. The number of carbonyl (C=O) groups excluding carboxylic acids is 1. The van der Waals surface area contributed by atoms with Crippen molar-refractivity contribution in [2.75, 3.05) is 33.8 Å². The van der Waals surface area contributed by atoms with Crippen molar-refractivity contribution in [3.05, 3.63) is 74.6 Å². The Hall–Kier alpha value is -3.12. The van der Waals surface area contributed by atoms with Crippen LogP contribution in [0.2, 0.25) is 0 Å². The van der Waals surface area contributed by atoms with Gasteiger partial charge in [-0.2, -0.15) is 0 Å². The quantitative estimate of drug-likeness (QED) is 0.508. The van der Waals surface area contributed by atoms with Gasteiger partial charge in [0.1, 0.15) is 11.3 Å². The molecule has 2 heterocycles. The van der Waals surface area contributed by atoms with E-state index >= 15 is 0 Å². The molecule has 1 aromatic heterocycles. The second-order valence-corrected chi connectivity index (χ2v) is 10.4. The van der Waals surface area contributed by atoms with Crippen LogP contribution in [0, 0.1) is 19.8 Å². The lowest BCUT2D eigenvalue weighted by atomic mass is 9.97. The van der Waals surface area contributed by atoms with E-state index < -0.39 is 6.04 Å². The Morgan fingerprint density at radius 1 is 1.09 bits per heavy atom. The molecule has 0 saturated carbocycles. The lowest BCUT2D eigenvalue weighted by Gasteiger charge is -2.25. The lowest BCUT2D eigenvalue weighted by molar-refractivity contribution is -0.858. The van der Waals surface area contributed by atoms with E-state index in [2.05, 4.69) is 27.9 Å². The van der Waals surface area contributed by atoms with E-state index in [0.717, 1.165) is 41.8 Å². The molecular formula is C29H37N2O4+. The van der Waals surface area contributed by atoms with Crippen molar-refractivity contribution >= 4 is 16.9 Å². The van der Waals surface area contributed by atoms with Gasteiger partial charge in [0, 0.05) is 13.0 Å². The van der Waals surface area contributed by atoms with Crippen LogP contribution in [0.15, 0.2) is 45.6 Å². The molecule has 0 bridgehead atoms. The predicted molar refractivity (Wildman–Crippen MR) is 139 cm³/mol. The zero-order chi connectivity index (χ0) is 25.3. The van der Waals surface area contributed by atoms with E-state index in [0.29, 0.717) is 35.6 Å². The number of fused-ring (bicyclic) bond motifs is 2. The smallest absolute Gasteiger partial charge is 0.290 e. The van der Waals surface area contributed by atoms with Gasteiger partial charge >= 0.3 is 0 Å². The molecule has 0 fully saturated rings. The van der Waals surface area contributed by atoms with Crippen LogP contribution in [0.4, 0.5) is 0 Å². The van der Waals surface area contributed by atoms with E-state index in [1.54, 1.807) is 4.90 Å². The lowest BCUT2D eigenvalue weighted by Crippen LogP contribution is -3.05. The van der Waals surface area contributed by atoms with Crippen LogP contribution in [0.25, 0.3) is 11.0 Å². The summed E-state index contributed by atoms with van der Waals surface area (Å²) in [5, 5.41) is 0.522. The van der Waals surface area contributed by atoms with Gasteiger partial charge in [0.15, 0.2) is 5.43 Å². The van der Waals surface area contributed by atoms with Crippen molar-refractivity contribution < 1.29 is 18.8 Å². The Kier molecular flexibility index (Phi) is 7.31. The normalized spacial score (nSPS) is 15.5. The number of nitrogens with zero attached hydrogens (tertiary/aromatic N) is 1. The van der Waals surface area contributed by atoms with Crippen molar-refractivity contribution in [3.8, 4) is 5.75 Å². The highest BCUT2D eigenvalue weighted by Gasteiger charge is 2.42. The van der Waals surface area contributed by atoms with Crippen LogP contribution < -0.4 is 15.1 Å². The van der Waals surface area contributed by atoms with Crippen LogP contribution in [-0.4, -0.2) is 44.6 Å². The van der Waals surface area contributed by atoms with E-state index in [1.165, 1.54) is 4.90 Å². The number of nitrogens with one attached hydrogen (secondary N) is 1. The highest BCUT2D eigenvalue weighted by Crippen LogP contribution is 2.39. The third-order valence-corrected chi connectivity index (χ3v) is 6.80. The summed E-state index contributed by atoms with van der Waals surface area (Å²) < 4.78 is 12.1. The topological polar surface area (TPSA) is 64.2 Å². The highest BCUT2D eigenvalue weighted by atomic mass is 16.5. The molecule has 1 amide bonds. The summed E-state index contributed by atoms with van der Waals surface area (Å²) in [5.41, 5.74) is 3.69. The van der Waals surface area contributed by atoms with E-state index in [1.807, 2.05) is 50.2 Å². The molecule has 6 nitrogen and oxygen atoms in total. The van der Waals surface area contributed by atoms with E-state index in [-0.39, 0.29) is 17.1 Å². The summed E-state index contributed by atoms with van der Waals surface area (Å²) in [7, 11) is 4.19. The Balaban J connectivity index is 1.80. The molecule has 1 aliphatic heterocycles. The SMILES string of the molecule is Cc1cc2oc3c(c(=O)c2cc1C)C(c1cccc(OCCC(C)C)c1)N(CCC[NH+](C)C)C3=O. The zero-order valence-electron chi connectivity index (χ0n) is 21.7. The Morgan fingerprint density at radius 3 is 2.54 bits per heavy atom. The number of quaternary nitrogens is 1. The van der Waals surface area contributed by atoms with Crippen LogP contribution in [0.1, 0.15) is 65.5 Å². The maximum Gasteiger partial charge on any atom is 0.290 e. The van der Waals surface area contributed by atoms with Crippen LogP contribution >= 0.6 is 0 Å². The number of ether oxygens (including phenoxy) is 1. The van der Waals surface area contributed by atoms with Gasteiger partial charge in [-0.1, -0.05) is 26.0 Å². The van der Waals surface area contributed by atoms with Gasteiger partial charge in [0.05, 0.1) is 44.2 Å². The minimum Gasteiger partial charge on any atom is -0.494 e. The number of carbonyl (C=O) groups is 1. The molecule has 1 N–H and O–H groups in total. The first-order chi connectivity index (χ1) is 16.7. The molecule has 4 rings (SSSR count). The van der Waals surface area contributed by atoms with Gasteiger partial charge in [-0.05, 0) is 67.1 Å². The van der Waals surface area contributed by atoms with Crippen molar-refractivity contribution in [1.82, 2.24) is 4.90 Å². The molecule has 0 aliphatic carbocycles. The molecule has 186 valence electrons. The van der Waals surface area contributed by atoms with Gasteiger partial charge in [-0.3, -0.25) is 9.59 Å². The summed E-state index contributed by atoms with van der Waals surface area (Å²) in [4.78, 5) is 30.5. The molecular weight excluding hydrogens is 440 g/mol. The first-order valence-electron chi connectivity index (χ1n) is 12.6. The summed E-state index contributed by atoms with van der Waals surface area (Å²) in [6.45, 7) is 10.4. The maximum atomic E-state index is 13.8. The van der Waals surface area contributed by atoms with Crippen LogP contribution in [-0.2, 0) is 0 Å². The zero-order valence-corrected chi connectivity index (χ0v) is 21.7. The molecule has 0 spiro atoms. The Bertz CT molecular complexity index is 1290. The average Bonchev–Trinajstić information content (AvgIpc) is 3.07. The van der Waals surface area contributed by atoms with Crippen LogP contribution in [0.5, 0.6) is 5.75 Å². The summed E-state index contributed by atoms with van der Waals surface area (Å²) in [6.07, 6.45) is 1.79. The fraction of sp³-hybridized carbons (Fsp3) is 0.448. The van der Waals surface area contributed by atoms with Crippen molar-refractivity contribution in [1.29, 1.82) is 0 Å². The molecule has 2 aromatic carbocycles. The number of amides is 1. The number of hydrogen-bond acceptors (Lipinski definition) is 4. The number of benzene rings is 2. The first kappa shape index (κ1) is 25.0. The Morgan fingerprint density at radius 2 is 1.83 bits per heavy atom. The number of rotatable bonds is 9. The molecule has 1 unspecified atom stereocenters. The molecule has 0 radical (unpaired) electrons. The van der Waals surface area contributed by atoms with Crippen molar-refractivity contribution in [2.45, 2.75) is 46.6 Å². The third kappa shape index (κ3) is 5.13. The van der Waals surface area contributed by atoms with Gasteiger partial charge in [0.25, 0.3) is 5.91 Å². The monoisotopic (exact) mass is 477 g/mol. The fourth-order valence-electron chi connectivity index (χ4n) is 4.64. The van der Waals surface area contributed by atoms with Crippen molar-refractivity contribution in [2.24, 2.45) is 5.92 Å². The van der Waals surface area contributed by atoms with E-state index in [9.17, 15) is 9.59 Å². The minimum absolute atomic E-state index is 0.130. The molecule has 1 aliphatic rings. The summed E-state index contributed by atoms with van der Waals surface area (Å²) in [6, 6.07) is 11.0. The second kappa shape index (κ2) is 10.2. The number of aryl methyl sites for hydroxylation is 2. The Labute approximate surface area is 207 Å². The van der Waals surface area contributed by atoms with Crippen LogP contribution in [0.3, 0.4) is 0 Å². The first-order valence-corrected chi connectivity index (χ1v) is 12.6. The van der Waals surface area contributed by atoms with Gasteiger partial charge < -0.3 is 19.0 Å². The van der Waals surface area contributed by atoms with E-state index in [4.69, 9.17) is 9.15 Å². The molecule has 3 aromatic rings. The fourth-order valence-corrected chi connectivity index (χ4v) is 4.64. The molecule has 1 atom stereocenters.